The van der Waals surface area contributed by atoms with Gasteiger partial charge in [-0.05, 0) is 36.2 Å². The first-order valence-corrected chi connectivity index (χ1v) is 7.10. The van der Waals surface area contributed by atoms with Crippen molar-refractivity contribution in [2.24, 2.45) is 0 Å². The number of hydrogen-bond acceptors (Lipinski definition) is 1. The Kier molecular flexibility index (Phi) is 2.51. The van der Waals surface area contributed by atoms with Gasteiger partial charge < -0.3 is 10.7 Å². The number of aromatic nitrogens is 1. The van der Waals surface area contributed by atoms with Crippen LogP contribution in [0.3, 0.4) is 0 Å². The van der Waals surface area contributed by atoms with Crippen molar-refractivity contribution in [3.8, 4) is 11.1 Å². The zero-order valence-corrected chi connectivity index (χ0v) is 11.9. The van der Waals surface area contributed by atoms with E-state index in [0.717, 1.165) is 5.69 Å². The molecule has 2 heteroatoms. The fourth-order valence-electron chi connectivity index (χ4n) is 3.03. The van der Waals surface area contributed by atoms with Crippen molar-refractivity contribution < 1.29 is 0 Å². The summed E-state index contributed by atoms with van der Waals surface area (Å²) >= 11 is 0. The highest BCUT2D eigenvalue weighted by Crippen LogP contribution is 2.35. The summed E-state index contributed by atoms with van der Waals surface area (Å²) in [5.74, 6) is 0. The van der Waals surface area contributed by atoms with E-state index in [4.69, 9.17) is 5.73 Å². The van der Waals surface area contributed by atoms with Gasteiger partial charge in [-0.25, -0.2) is 0 Å². The van der Waals surface area contributed by atoms with Crippen LogP contribution in [0.15, 0.2) is 60.7 Å². The quantitative estimate of drug-likeness (QED) is 0.476. The first-order valence-electron chi connectivity index (χ1n) is 7.10. The van der Waals surface area contributed by atoms with Crippen LogP contribution in [0.25, 0.3) is 32.9 Å². The third-order valence-corrected chi connectivity index (χ3v) is 4.09. The molecule has 0 fully saturated rings. The summed E-state index contributed by atoms with van der Waals surface area (Å²) in [7, 11) is 0. The molecule has 0 aliphatic rings. The topological polar surface area (TPSA) is 41.8 Å². The Labute approximate surface area is 123 Å². The average Bonchev–Trinajstić information content (AvgIpc) is 2.89. The standard InChI is InChI=1S/C19H16N2/c1-12-6-11-15(13-7-9-14(20)10-8-13)19-18(12)16-4-2-3-5-17(16)21-19/h2-11,21H,20H2,1H3. The number of nitrogens with one attached hydrogen (secondary N) is 1. The van der Waals surface area contributed by atoms with E-state index in [1.165, 1.54) is 38.5 Å². The number of anilines is 1. The Hall–Kier alpha value is -2.74. The van der Waals surface area contributed by atoms with Crippen LogP contribution in [0.5, 0.6) is 0 Å². The second-order valence-electron chi connectivity index (χ2n) is 5.47. The van der Waals surface area contributed by atoms with Gasteiger partial charge in [0.1, 0.15) is 0 Å². The highest BCUT2D eigenvalue weighted by atomic mass is 14.7. The van der Waals surface area contributed by atoms with Crippen LogP contribution >= 0.6 is 0 Å². The van der Waals surface area contributed by atoms with Crippen LogP contribution < -0.4 is 5.73 Å². The van der Waals surface area contributed by atoms with E-state index < -0.39 is 0 Å². The summed E-state index contributed by atoms with van der Waals surface area (Å²) in [6, 6.07) is 20.9. The van der Waals surface area contributed by atoms with E-state index in [1.807, 2.05) is 12.1 Å². The van der Waals surface area contributed by atoms with Crippen LogP contribution in [0.2, 0.25) is 0 Å². The van der Waals surface area contributed by atoms with Crippen molar-refractivity contribution in [1.29, 1.82) is 0 Å². The van der Waals surface area contributed by atoms with E-state index in [9.17, 15) is 0 Å². The van der Waals surface area contributed by atoms with Crippen LogP contribution in [-0.2, 0) is 0 Å². The first-order chi connectivity index (χ1) is 10.2. The molecule has 0 atom stereocenters. The minimum Gasteiger partial charge on any atom is -0.399 e. The molecule has 4 aromatic rings. The molecule has 4 rings (SSSR count). The Balaban J connectivity index is 2.11. The molecule has 0 aliphatic carbocycles. The largest absolute Gasteiger partial charge is 0.399 e. The molecule has 1 aromatic heterocycles. The Morgan fingerprint density at radius 2 is 1.62 bits per heavy atom. The highest BCUT2D eigenvalue weighted by molar-refractivity contribution is 6.13. The Bertz CT molecular complexity index is 947. The van der Waals surface area contributed by atoms with Gasteiger partial charge in [0.05, 0.1) is 5.52 Å². The molecule has 0 saturated carbocycles. The van der Waals surface area contributed by atoms with Crippen molar-refractivity contribution in [2.75, 3.05) is 5.73 Å². The molecule has 2 nitrogen and oxygen atoms in total. The highest BCUT2D eigenvalue weighted by Gasteiger charge is 2.11. The van der Waals surface area contributed by atoms with Gasteiger partial charge in [-0.15, -0.1) is 0 Å². The number of aryl methyl sites for hydroxylation is 1. The summed E-state index contributed by atoms with van der Waals surface area (Å²) in [6.07, 6.45) is 0. The number of nitrogens with two attached hydrogens (primary N) is 1. The molecule has 0 radical (unpaired) electrons. The van der Waals surface area contributed by atoms with Crippen molar-refractivity contribution >= 4 is 27.5 Å². The predicted octanol–water partition coefficient (Wildman–Crippen LogP) is 4.88. The van der Waals surface area contributed by atoms with Gasteiger partial charge in [0.15, 0.2) is 0 Å². The normalized spacial score (nSPS) is 11.3. The average molecular weight is 272 g/mol. The van der Waals surface area contributed by atoms with Gasteiger partial charge in [-0.3, -0.25) is 0 Å². The molecule has 0 saturated heterocycles. The van der Waals surface area contributed by atoms with E-state index in [2.05, 4.69) is 60.4 Å². The zero-order valence-electron chi connectivity index (χ0n) is 11.9. The second kappa shape index (κ2) is 4.38. The molecule has 21 heavy (non-hydrogen) atoms. The van der Waals surface area contributed by atoms with E-state index in [0.29, 0.717) is 0 Å². The number of aromatic amines is 1. The fraction of sp³-hybridized carbons (Fsp3) is 0.0526. The second-order valence-corrected chi connectivity index (χ2v) is 5.47. The van der Waals surface area contributed by atoms with Crippen molar-refractivity contribution in [1.82, 2.24) is 4.98 Å². The smallest absolute Gasteiger partial charge is 0.0547 e. The van der Waals surface area contributed by atoms with Gasteiger partial charge in [0, 0.05) is 27.5 Å². The lowest BCUT2D eigenvalue weighted by Crippen LogP contribution is -1.86. The molecule has 0 bridgehead atoms. The maximum atomic E-state index is 5.79. The molecule has 3 N–H and O–H groups in total. The maximum absolute atomic E-state index is 5.79. The molecule has 102 valence electrons. The molecular formula is C19H16N2. The number of nitrogen functional groups attached to an aromatic ring is 1. The molecule has 3 aromatic carbocycles. The summed E-state index contributed by atoms with van der Waals surface area (Å²) in [5, 5.41) is 2.59. The first kappa shape index (κ1) is 12.0. The summed E-state index contributed by atoms with van der Waals surface area (Å²) < 4.78 is 0. The van der Waals surface area contributed by atoms with Crippen molar-refractivity contribution in [3.05, 3.63) is 66.2 Å². The minimum absolute atomic E-state index is 0.791. The molecule has 0 spiro atoms. The van der Waals surface area contributed by atoms with Crippen LogP contribution in [-0.4, -0.2) is 4.98 Å². The lowest BCUT2D eigenvalue weighted by atomic mass is 9.99. The van der Waals surface area contributed by atoms with Gasteiger partial charge in [0.2, 0.25) is 0 Å². The lowest BCUT2D eigenvalue weighted by molar-refractivity contribution is 1.50. The van der Waals surface area contributed by atoms with Gasteiger partial charge in [-0.1, -0.05) is 42.5 Å². The van der Waals surface area contributed by atoms with Crippen LogP contribution in [0.1, 0.15) is 5.56 Å². The predicted molar refractivity (Wildman–Crippen MR) is 90.4 cm³/mol. The van der Waals surface area contributed by atoms with Crippen LogP contribution in [0, 0.1) is 6.92 Å². The fourth-order valence-corrected chi connectivity index (χ4v) is 3.03. The lowest BCUT2D eigenvalue weighted by Gasteiger charge is -2.06. The Morgan fingerprint density at radius 3 is 2.43 bits per heavy atom. The third-order valence-electron chi connectivity index (χ3n) is 4.09. The number of hydrogen-bond donors (Lipinski definition) is 2. The molecule has 0 aliphatic heterocycles. The SMILES string of the molecule is Cc1ccc(-c2ccc(N)cc2)c2[nH]c3ccccc3c12. The monoisotopic (exact) mass is 272 g/mol. The third kappa shape index (κ3) is 1.80. The molecule has 0 unspecified atom stereocenters. The minimum atomic E-state index is 0.791. The number of para-hydroxylation sites is 1. The van der Waals surface area contributed by atoms with E-state index in [-0.39, 0.29) is 0 Å². The molecule has 1 heterocycles. The molecule has 0 amide bonds. The number of benzene rings is 3. The number of rotatable bonds is 1. The van der Waals surface area contributed by atoms with Crippen molar-refractivity contribution in [3.63, 3.8) is 0 Å². The number of H-pyrrole nitrogens is 1. The van der Waals surface area contributed by atoms with E-state index in [1.54, 1.807) is 0 Å². The van der Waals surface area contributed by atoms with Gasteiger partial charge in [0.25, 0.3) is 0 Å². The zero-order chi connectivity index (χ0) is 14.4. The van der Waals surface area contributed by atoms with E-state index >= 15 is 0 Å². The summed E-state index contributed by atoms with van der Waals surface area (Å²) in [4.78, 5) is 3.57. The van der Waals surface area contributed by atoms with Gasteiger partial charge >= 0.3 is 0 Å². The number of fused-ring (bicyclic) bond motifs is 3. The molecular weight excluding hydrogens is 256 g/mol. The van der Waals surface area contributed by atoms with Crippen molar-refractivity contribution in [2.45, 2.75) is 6.92 Å². The Morgan fingerprint density at radius 1 is 0.857 bits per heavy atom. The van der Waals surface area contributed by atoms with Crippen LogP contribution in [0.4, 0.5) is 5.69 Å². The van der Waals surface area contributed by atoms with Gasteiger partial charge in [-0.2, -0.15) is 0 Å². The maximum Gasteiger partial charge on any atom is 0.0547 e. The summed E-state index contributed by atoms with van der Waals surface area (Å²) in [5.41, 5.74) is 12.6. The summed E-state index contributed by atoms with van der Waals surface area (Å²) in [6.45, 7) is 2.16.